The van der Waals surface area contributed by atoms with Gasteiger partial charge in [-0.05, 0) is 32.9 Å². The van der Waals surface area contributed by atoms with E-state index in [4.69, 9.17) is 10.2 Å². The van der Waals surface area contributed by atoms with E-state index in [1.165, 1.54) is 5.56 Å². The first-order valence-corrected chi connectivity index (χ1v) is 6.80. The lowest BCUT2D eigenvalue weighted by Gasteiger charge is -2.16. The molecule has 2 aromatic rings. The summed E-state index contributed by atoms with van der Waals surface area (Å²) in [7, 11) is 0. The first-order chi connectivity index (χ1) is 9.27. The average molecular weight is 258 g/mol. The van der Waals surface area contributed by atoms with Gasteiger partial charge in [-0.3, -0.25) is 0 Å². The van der Waals surface area contributed by atoms with Crippen LogP contribution in [0.1, 0.15) is 30.7 Å². The highest BCUT2D eigenvalue weighted by Gasteiger charge is 2.18. The number of nitrogens with two attached hydrogens (primary N) is 1. The van der Waals surface area contributed by atoms with Gasteiger partial charge in [0, 0.05) is 23.5 Å². The first kappa shape index (κ1) is 13.8. The van der Waals surface area contributed by atoms with E-state index in [1.807, 2.05) is 32.0 Å². The van der Waals surface area contributed by atoms with Crippen molar-refractivity contribution in [3.8, 4) is 0 Å². The zero-order chi connectivity index (χ0) is 13.7. The summed E-state index contributed by atoms with van der Waals surface area (Å²) < 4.78 is 5.80. The monoisotopic (exact) mass is 258 g/mol. The van der Waals surface area contributed by atoms with Gasteiger partial charge in [0.2, 0.25) is 0 Å². The molecular formula is C16H22N2O. The third-order valence-corrected chi connectivity index (χ3v) is 3.34. The Balaban J connectivity index is 2.22. The summed E-state index contributed by atoms with van der Waals surface area (Å²) in [6, 6.07) is 8.27. The molecule has 102 valence electrons. The Bertz CT molecular complexity index is 557. The zero-order valence-electron chi connectivity index (χ0n) is 11.6. The molecule has 1 atom stereocenters. The van der Waals surface area contributed by atoms with E-state index in [9.17, 15) is 0 Å². The van der Waals surface area contributed by atoms with Crippen molar-refractivity contribution in [2.24, 2.45) is 5.73 Å². The molecule has 0 fully saturated rings. The maximum absolute atomic E-state index is 5.92. The molecule has 3 nitrogen and oxygen atoms in total. The van der Waals surface area contributed by atoms with E-state index in [2.05, 4.69) is 23.5 Å². The van der Waals surface area contributed by atoms with Crippen LogP contribution in [0.4, 0.5) is 0 Å². The first-order valence-electron chi connectivity index (χ1n) is 6.80. The highest BCUT2D eigenvalue weighted by atomic mass is 16.3. The number of furan rings is 1. The Morgan fingerprint density at radius 1 is 1.37 bits per heavy atom. The smallest absolute Gasteiger partial charge is 0.134 e. The SMILES string of the molecule is C/C=C/CCNC(CN)c1c(C)oc2ccccc12. The van der Waals surface area contributed by atoms with E-state index < -0.39 is 0 Å². The number of rotatable bonds is 6. The lowest BCUT2D eigenvalue weighted by molar-refractivity contribution is 0.519. The van der Waals surface area contributed by atoms with E-state index in [1.54, 1.807) is 0 Å². The minimum Gasteiger partial charge on any atom is -0.461 e. The molecule has 2 rings (SSSR count). The normalized spacial score (nSPS) is 13.4. The summed E-state index contributed by atoms with van der Waals surface area (Å²) in [4.78, 5) is 0. The molecule has 3 heteroatoms. The van der Waals surface area contributed by atoms with Crippen LogP contribution in [0.15, 0.2) is 40.8 Å². The minimum absolute atomic E-state index is 0.147. The lowest BCUT2D eigenvalue weighted by Crippen LogP contribution is -2.29. The second-order valence-electron chi connectivity index (χ2n) is 4.67. The summed E-state index contributed by atoms with van der Waals surface area (Å²) >= 11 is 0. The summed E-state index contributed by atoms with van der Waals surface area (Å²) in [5.41, 5.74) is 8.04. The number of nitrogens with one attached hydrogen (secondary N) is 1. The van der Waals surface area contributed by atoms with Crippen LogP contribution in [0.3, 0.4) is 0 Å². The highest BCUT2D eigenvalue weighted by Crippen LogP contribution is 2.29. The molecule has 1 heterocycles. The molecule has 1 aromatic carbocycles. The van der Waals surface area contributed by atoms with Gasteiger partial charge in [0.25, 0.3) is 0 Å². The van der Waals surface area contributed by atoms with Gasteiger partial charge in [0.15, 0.2) is 0 Å². The van der Waals surface area contributed by atoms with E-state index >= 15 is 0 Å². The standard InChI is InChI=1S/C16H22N2O/c1-3-4-7-10-18-14(11-17)16-12(2)19-15-9-6-5-8-13(15)16/h3-6,8-9,14,18H,7,10-11,17H2,1-2H3/b4-3+. The molecule has 0 aliphatic rings. The number of allylic oxidation sites excluding steroid dienone is 1. The van der Waals surface area contributed by atoms with Crippen molar-refractivity contribution < 1.29 is 4.42 Å². The van der Waals surface area contributed by atoms with Crippen molar-refractivity contribution in [3.05, 3.63) is 47.7 Å². The summed E-state index contributed by atoms with van der Waals surface area (Å²) in [6.45, 7) is 5.53. The fourth-order valence-electron chi connectivity index (χ4n) is 2.43. The van der Waals surface area contributed by atoms with Crippen LogP contribution in [0.25, 0.3) is 11.0 Å². The maximum Gasteiger partial charge on any atom is 0.134 e. The van der Waals surface area contributed by atoms with Gasteiger partial charge in [-0.1, -0.05) is 30.4 Å². The van der Waals surface area contributed by atoms with Gasteiger partial charge >= 0.3 is 0 Å². The zero-order valence-corrected chi connectivity index (χ0v) is 11.6. The third-order valence-electron chi connectivity index (χ3n) is 3.34. The quantitative estimate of drug-likeness (QED) is 0.617. The van der Waals surface area contributed by atoms with Crippen LogP contribution >= 0.6 is 0 Å². The third kappa shape index (κ3) is 3.06. The predicted octanol–water partition coefficient (Wildman–Crippen LogP) is 3.30. The molecule has 3 N–H and O–H groups in total. The number of benzene rings is 1. The van der Waals surface area contributed by atoms with E-state index in [-0.39, 0.29) is 6.04 Å². The van der Waals surface area contributed by atoms with Crippen LogP contribution < -0.4 is 11.1 Å². The molecule has 1 aromatic heterocycles. The molecule has 19 heavy (non-hydrogen) atoms. The van der Waals surface area contributed by atoms with E-state index in [0.29, 0.717) is 6.54 Å². The topological polar surface area (TPSA) is 51.2 Å². The second-order valence-corrected chi connectivity index (χ2v) is 4.67. The van der Waals surface area contributed by atoms with Gasteiger partial charge in [-0.15, -0.1) is 0 Å². The van der Waals surface area contributed by atoms with Crippen molar-refractivity contribution in [3.63, 3.8) is 0 Å². The predicted molar refractivity (Wildman–Crippen MR) is 80.2 cm³/mol. The molecule has 0 aliphatic carbocycles. The number of aryl methyl sites for hydroxylation is 1. The summed E-state index contributed by atoms with van der Waals surface area (Å²) in [5.74, 6) is 0.954. The van der Waals surface area contributed by atoms with Crippen LogP contribution in [0, 0.1) is 6.92 Å². The van der Waals surface area contributed by atoms with E-state index in [0.717, 1.165) is 29.7 Å². The lowest BCUT2D eigenvalue weighted by atomic mass is 10.0. The maximum atomic E-state index is 5.92. The minimum atomic E-state index is 0.147. The summed E-state index contributed by atoms with van der Waals surface area (Å²) in [6.07, 6.45) is 5.24. The molecule has 0 saturated carbocycles. The van der Waals surface area contributed by atoms with Gasteiger partial charge in [0.05, 0.1) is 0 Å². The Morgan fingerprint density at radius 2 is 2.16 bits per heavy atom. The number of hydrogen-bond acceptors (Lipinski definition) is 3. The molecular weight excluding hydrogens is 236 g/mol. The molecule has 0 bridgehead atoms. The van der Waals surface area contributed by atoms with Crippen molar-refractivity contribution >= 4 is 11.0 Å². The van der Waals surface area contributed by atoms with Gasteiger partial charge in [0.1, 0.15) is 11.3 Å². The van der Waals surface area contributed by atoms with Gasteiger partial charge in [-0.25, -0.2) is 0 Å². The van der Waals surface area contributed by atoms with Crippen molar-refractivity contribution in [1.82, 2.24) is 5.32 Å². The fraction of sp³-hybridized carbons (Fsp3) is 0.375. The fourth-order valence-corrected chi connectivity index (χ4v) is 2.43. The number of fused-ring (bicyclic) bond motifs is 1. The largest absolute Gasteiger partial charge is 0.461 e. The van der Waals surface area contributed by atoms with Crippen LogP contribution in [0.2, 0.25) is 0 Å². The van der Waals surface area contributed by atoms with Crippen LogP contribution in [0.5, 0.6) is 0 Å². The molecule has 0 saturated heterocycles. The molecule has 0 spiro atoms. The number of hydrogen-bond donors (Lipinski definition) is 2. The number of para-hydroxylation sites is 1. The van der Waals surface area contributed by atoms with Crippen molar-refractivity contribution in [2.45, 2.75) is 26.3 Å². The average Bonchev–Trinajstić information content (AvgIpc) is 2.75. The Kier molecular flexibility index (Phi) is 4.77. The second kappa shape index (κ2) is 6.55. The van der Waals surface area contributed by atoms with Gasteiger partial charge in [-0.2, -0.15) is 0 Å². The molecule has 1 unspecified atom stereocenters. The Morgan fingerprint density at radius 3 is 2.89 bits per heavy atom. The van der Waals surface area contributed by atoms with Crippen LogP contribution in [-0.2, 0) is 0 Å². The van der Waals surface area contributed by atoms with Crippen molar-refractivity contribution in [1.29, 1.82) is 0 Å². The Labute approximate surface area is 114 Å². The molecule has 0 aliphatic heterocycles. The Hall–Kier alpha value is -1.58. The van der Waals surface area contributed by atoms with Crippen molar-refractivity contribution in [2.75, 3.05) is 13.1 Å². The molecule has 0 amide bonds. The highest BCUT2D eigenvalue weighted by molar-refractivity contribution is 5.82. The molecule has 0 radical (unpaired) electrons. The van der Waals surface area contributed by atoms with Crippen LogP contribution in [-0.4, -0.2) is 13.1 Å². The summed E-state index contributed by atoms with van der Waals surface area (Å²) in [5, 5.41) is 4.66. The van der Waals surface area contributed by atoms with Gasteiger partial charge < -0.3 is 15.5 Å².